The van der Waals surface area contributed by atoms with Gasteiger partial charge in [-0.25, -0.2) is 4.79 Å². The van der Waals surface area contributed by atoms with E-state index in [0.717, 1.165) is 5.56 Å². The quantitative estimate of drug-likeness (QED) is 0.624. The fraction of sp³-hybridized carbons (Fsp3) is 0.357. The molecule has 0 aromatic heterocycles. The van der Waals surface area contributed by atoms with Crippen molar-refractivity contribution in [2.75, 3.05) is 5.75 Å². The third-order valence-electron chi connectivity index (χ3n) is 2.60. The highest BCUT2D eigenvalue weighted by atomic mass is 32.2. The SMILES string of the molecule is C=CC[C@H](N)C/[SH](=O)=N/C(=O)O[C@@H](C)c1ccccc1. The van der Waals surface area contributed by atoms with Gasteiger partial charge in [-0.2, -0.15) is 0 Å². The van der Waals surface area contributed by atoms with E-state index in [0.29, 0.717) is 6.42 Å². The summed E-state index contributed by atoms with van der Waals surface area (Å²) in [5.74, 6) is 0.149. The first-order valence-corrected chi connectivity index (χ1v) is 7.71. The van der Waals surface area contributed by atoms with Crippen molar-refractivity contribution in [3.63, 3.8) is 0 Å². The fourth-order valence-corrected chi connectivity index (χ4v) is 2.45. The summed E-state index contributed by atoms with van der Waals surface area (Å²) in [5.41, 5.74) is 6.54. The van der Waals surface area contributed by atoms with E-state index >= 15 is 0 Å². The predicted molar refractivity (Wildman–Crippen MR) is 81.0 cm³/mol. The molecule has 0 radical (unpaired) electrons. The second-order valence-electron chi connectivity index (χ2n) is 4.36. The third-order valence-corrected chi connectivity index (χ3v) is 3.77. The van der Waals surface area contributed by atoms with E-state index in [9.17, 15) is 9.00 Å². The second-order valence-corrected chi connectivity index (χ2v) is 5.63. The van der Waals surface area contributed by atoms with Crippen molar-refractivity contribution >= 4 is 16.7 Å². The first-order valence-electron chi connectivity index (χ1n) is 6.31. The van der Waals surface area contributed by atoms with E-state index in [4.69, 9.17) is 10.5 Å². The highest BCUT2D eigenvalue weighted by molar-refractivity contribution is 7.75. The van der Waals surface area contributed by atoms with Crippen molar-refractivity contribution in [1.29, 1.82) is 0 Å². The van der Waals surface area contributed by atoms with Crippen LogP contribution in [0.3, 0.4) is 0 Å². The van der Waals surface area contributed by atoms with Crippen molar-refractivity contribution in [2.24, 2.45) is 10.1 Å². The highest BCUT2D eigenvalue weighted by Gasteiger charge is 2.11. The maximum absolute atomic E-state index is 11.6. The number of ether oxygens (including phenoxy) is 1. The molecule has 0 heterocycles. The Morgan fingerprint density at radius 1 is 1.50 bits per heavy atom. The number of carbonyl (C=O) groups excluding carboxylic acids is 1. The molecule has 20 heavy (non-hydrogen) atoms. The van der Waals surface area contributed by atoms with Gasteiger partial charge < -0.3 is 10.5 Å². The van der Waals surface area contributed by atoms with E-state index in [2.05, 4.69) is 10.9 Å². The lowest BCUT2D eigenvalue weighted by Crippen LogP contribution is -2.24. The number of hydrogen-bond donors (Lipinski definition) is 2. The van der Waals surface area contributed by atoms with Crippen molar-refractivity contribution in [1.82, 2.24) is 0 Å². The number of carbonyl (C=O) groups is 1. The number of rotatable bonds is 6. The minimum absolute atomic E-state index is 0.149. The van der Waals surface area contributed by atoms with Gasteiger partial charge >= 0.3 is 6.09 Å². The summed E-state index contributed by atoms with van der Waals surface area (Å²) < 4.78 is 20.2. The molecule has 5 nitrogen and oxygen atoms in total. The zero-order chi connectivity index (χ0) is 15.0. The molecule has 1 unspecified atom stereocenters. The average molecular weight is 296 g/mol. The zero-order valence-electron chi connectivity index (χ0n) is 11.4. The summed E-state index contributed by atoms with van der Waals surface area (Å²) in [6, 6.07) is 8.96. The number of nitrogens with two attached hydrogens (primary N) is 1. The Balaban J connectivity index is 2.54. The molecule has 0 saturated heterocycles. The van der Waals surface area contributed by atoms with E-state index in [1.165, 1.54) is 0 Å². The standard InChI is InChI=1S/C14H20N2O3S/c1-3-7-13(15)10-20(18)16-14(17)19-11(2)12-8-5-4-6-9-12/h3-6,8-9,11,13,20H,1,7,10,15H2,2H3/t11-,13-/m0/s1. The van der Waals surface area contributed by atoms with E-state index in [-0.39, 0.29) is 11.8 Å². The van der Waals surface area contributed by atoms with Crippen LogP contribution in [0.15, 0.2) is 47.3 Å². The normalized spacial score (nSPS) is 15.3. The van der Waals surface area contributed by atoms with Crippen molar-refractivity contribution in [3.8, 4) is 0 Å². The number of amides is 1. The number of hydrogen-bond acceptors (Lipinski definition) is 4. The van der Waals surface area contributed by atoms with Crippen molar-refractivity contribution in [3.05, 3.63) is 48.6 Å². The molecule has 6 heteroatoms. The van der Waals surface area contributed by atoms with Crippen LogP contribution in [0.25, 0.3) is 0 Å². The third kappa shape index (κ3) is 5.99. The van der Waals surface area contributed by atoms with Gasteiger partial charge in [0, 0.05) is 22.4 Å². The van der Waals surface area contributed by atoms with Gasteiger partial charge in [-0.15, -0.1) is 10.9 Å². The molecule has 2 N–H and O–H groups in total. The maximum atomic E-state index is 11.6. The first-order chi connectivity index (χ1) is 9.52. The molecule has 3 atom stereocenters. The van der Waals surface area contributed by atoms with E-state index in [1.54, 1.807) is 13.0 Å². The molecule has 1 rings (SSSR count). The Labute approximate surface area is 121 Å². The molecule has 1 aromatic rings. The van der Waals surface area contributed by atoms with Crippen LogP contribution in [0.1, 0.15) is 25.0 Å². The number of thiol groups is 1. The van der Waals surface area contributed by atoms with E-state index in [1.807, 2.05) is 30.3 Å². The van der Waals surface area contributed by atoms with Gasteiger partial charge in [0.15, 0.2) is 0 Å². The Bertz CT molecular complexity index is 524. The molecule has 0 spiro atoms. The highest BCUT2D eigenvalue weighted by Crippen LogP contribution is 2.16. The largest absolute Gasteiger partial charge is 0.442 e. The molecular weight excluding hydrogens is 276 g/mol. The summed E-state index contributed by atoms with van der Waals surface area (Å²) in [4.78, 5) is 11.5. The van der Waals surface area contributed by atoms with Crippen LogP contribution in [0.5, 0.6) is 0 Å². The Hall–Kier alpha value is -1.66. The smallest absolute Gasteiger partial charge is 0.440 e. The summed E-state index contributed by atoms with van der Waals surface area (Å²) >= 11 is 0. The fourth-order valence-electron chi connectivity index (χ4n) is 1.59. The molecular formula is C14H20N2O3S. The molecule has 1 amide bonds. The molecule has 0 fully saturated rings. The summed E-state index contributed by atoms with van der Waals surface area (Å²) in [5, 5.41) is 0. The average Bonchev–Trinajstić information content (AvgIpc) is 2.39. The van der Waals surface area contributed by atoms with Gasteiger partial charge in [-0.05, 0) is 18.9 Å². The summed E-state index contributed by atoms with van der Waals surface area (Å²) in [6.07, 6.45) is 0.918. The first kappa shape index (κ1) is 16.4. The summed E-state index contributed by atoms with van der Waals surface area (Å²) in [7, 11) is -2.04. The van der Waals surface area contributed by atoms with Crippen LogP contribution in [0.4, 0.5) is 4.79 Å². The van der Waals surface area contributed by atoms with Gasteiger partial charge in [-0.1, -0.05) is 36.4 Å². The lowest BCUT2D eigenvalue weighted by Gasteiger charge is -2.11. The maximum Gasteiger partial charge on any atom is 0.442 e. The number of nitrogens with zero attached hydrogens (tertiary/aromatic N) is 1. The predicted octanol–water partition coefficient (Wildman–Crippen LogP) is 2.45. The van der Waals surface area contributed by atoms with Gasteiger partial charge in [0.05, 0.1) is 0 Å². The second kappa shape index (κ2) is 8.50. The monoisotopic (exact) mass is 296 g/mol. The molecule has 0 aliphatic rings. The molecule has 0 aliphatic heterocycles. The van der Waals surface area contributed by atoms with Crippen LogP contribution < -0.4 is 5.73 Å². The lowest BCUT2D eigenvalue weighted by molar-refractivity contribution is 0.117. The van der Waals surface area contributed by atoms with Crippen LogP contribution in [-0.2, 0) is 15.3 Å². The van der Waals surface area contributed by atoms with Gasteiger partial charge in [0.25, 0.3) is 0 Å². The van der Waals surface area contributed by atoms with Gasteiger partial charge in [0.1, 0.15) is 6.10 Å². The van der Waals surface area contributed by atoms with Crippen LogP contribution in [0, 0.1) is 0 Å². The number of benzene rings is 1. The Morgan fingerprint density at radius 2 is 2.15 bits per heavy atom. The molecule has 0 aliphatic carbocycles. The van der Waals surface area contributed by atoms with Gasteiger partial charge in [-0.3, -0.25) is 4.21 Å². The molecule has 0 saturated carbocycles. The minimum atomic E-state index is -2.04. The van der Waals surface area contributed by atoms with Crippen molar-refractivity contribution < 1.29 is 13.7 Å². The molecule has 110 valence electrons. The van der Waals surface area contributed by atoms with Crippen molar-refractivity contribution in [2.45, 2.75) is 25.5 Å². The molecule has 1 aromatic carbocycles. The zero-order valence-corrected chi connectivity index (χ0v) is 12.3. The van der Waals surface area contributed by atoms with Crippen LogP contribution >= 0.6 is 0 Å². The van der Waals surface area contributed by atoms with E-state index < -0.39 is 22.8 Å². The van der Waals surface area contributed by atoms with Crippen LogP contribution in [0.2, 0.25) is 0 Å². The molecule has 0 bridgehead atoms. The minimum Gasteiger partial charge on any atom is -0.440 e. The van der Waals surface area contributed by atoms with Gasteiger partial charge in [0.2, 0.25) is 0 Å². The Kier molecular flexibility index (Phi) is 6.97. The lowest BCUT2D eigenvalue weighted by atomic mass is 10.1. The Morgan fingerprint density at radius 3 is 2.75 bits per heavy atom. The van der Waals surface area contributed by atoms with Crippen LogP contribution in [-0.4, -0.2) is 22.1 Å². The summed E-state index contributed by atoms with van der Waals surface area (Å²) in [6.45, 7) is 5.28. The topological polar surface area (TPSA) is 81.8 Å².